The first-order valence-corrected chi connectivity index (χ1v) is 5.77. The summed E-state index contributed by atoms with van der Waals surface area (Å²) in [4.78, 5) is 0. The van der Waals surface area contributed by atoms with Crippen molar-refractivity contribution in [3.63, 3.8) is 0 Å². The molecule has 0 atom stereocenters. The molecule has 2 N–H and O–H groups in total. The molecule has 0 aliphatic rings. The first-order chi connectivity index (χ1) is 8.18. The lowest BCUT2D eigenvalue weighted by Crippen LogP contribution is -1.99. The van der Waals surface area contributed by atoms with Crippen molar-refractivity contribution in [2.45, 2.75) is 13.5 Å². The Bertz CT molecular complexity index is 525. The number of nitrogens with two attached hydrogens (primary N) is 1. The van der Waals surface area contributed by atoms with E-state index in [2.05, 4.69) is 0 Å². The predicted molar refractivity (Wildman–Crippen MR) is 71.4 cm³/mol. The van der Waals surface area contributed by atoms with E-state index in [1.165, 1.54) is 0 Å². The lowest BCUT2D eigenvalue weighted by atomic mass is 10.2. The van der Waals surface area contributed by atoms with Gasteiger partial charge in [-0.05, 0) is 25.1 Å². The van der Waals surface area contributed by atoms with Crippen LogP contribution in [-0.4, -0.2) is 0 Å². The van der Waals surface area contributed by atoms with Crippen LogP contribution >= 0.6 is 11.6 Å². The zero-order valence-electron chi connectivity index (χ0n) is 9.61. The zero-order chi connectivity index (χ0) is 12.3. The van der Waals surface area contributed by atoms with Crippen molar-refractivity contribution in [1.29, 1.82) is 0 Å². The maximum absolute atomic E-state index is 6.06. The van der Waals surface area contributed by atoms with Crippen molar-refractivity contribution in [1.82, 2.24) is 0 Å². The number of hydrogen-bond donors (Lipinski definition) is 1. The number of nitrogen functional groups attached to an aromatic ring is 1. The third-order valence-corrected chi connectivity index (χ3v) is 3.04. The van der Waals surface area contributed by atoms with Gasteiger partial charge in [0.15, 0.2) is 0 Å². The average Bonchev–Trinajstić information content (AvgIpc) is 2.33. The molecule has 0 spiro atoms. The Morgan fingerprint density at radius 1 is 1.12 bits per heavy atom. The van der Waals surface area contributed by atoms with Gasteiger partial charge in [-0.15, -0.1) is 0 Å². The molecule has 0 radical (unpaired) electrons. The fourth-order valence-corrected chi connectivity index (χ4v) is 1.75. The monoisotopic (exact) mass is 247 g/mol. The summed E-state index contributed by atoms with van der Waals surface area (Å²) in [6.45, 7) is 2.39. The van der Waals surface area contributed by atoms with Gasteiger partial charge in [0.25, 0.3) is 0 Å². The Balaban J connectivity index is 2.13. The predicted octanol–water partition coefficient (Wildman–Crippen LogP) is 3.81. The van der Waals surface area contributed by atoms with E-state index in [0.717, 1.165) is 22.6 Å². The van der Waals surface area contributed by atoms with E-state index in [-0.39, 0.29) is 0 Å². The van der Waals surface area contributed by atoms with Crippen molar-refractivity contribution < 1.29 is 4.74 Å². The molecule has 17 heavy (non-hydrogen) atoms. The van der Waals surface area contributed by atoms with Gasteiger partial charge in [0.2, 0.25) is 0 Å². The highest BCUT2D eigenvalue weighted by Gasteiger charge is 2.04. The molecule has 2 aromatic carbocycles. The van der Waals surface area contributed by atoms with Crippen molar-refractivity contribution in [3.8, 4) is 5.75 Å². The molecule has 0 fully saturated rings. The van der Waals surface area contributed by atoms with Crippen molar-refractivity contribution >= 4 is 17.3 Å². The molecule has 2 aromatic rings. The van der Waals surface area contributed by atoms with E-state index in [1.54, 1.807) is 0 Å². The van der Waals surface area contributed by atoms with E-state index in [1.807, 2.05) is 49.4 Å². The summed E-state index contributed by atoms with van der Waals surface area (Å²) in [5.41, 5.74) is 8.48. The number of hydrogen-bond acceptors (Lipinski definition) is 2. The van der Waals surface area contributed by atoms with Crippen LogP contribution < -0.4 is 10.5 Å². The second-order valence-electron chi connectivity index (χ2n) is 3.85. The van der Waals surface area contributed by atoms with Crippen LogP contribution in [0.3, 0.4) is 0 Å². The summed E-state index contributed by atoms with van der Waals surface area (Å²) in [5, 5.41) is 0.717. The van der Waals surface area contributed by atoms with Gasteiger partial charge in [-0.1, -0.05) is 35.9 Å². The van der Waals surface area contributed by atoms with Gasteiger partial charge < -0.3 is 10.5 Å². The maximum atomic E-state index is 6.06. The third-order valence-electron chi connectivity index (χ3n) is 2.67. The molecule has 0 saturated carbocycles. The second-order valence-corrected chi connectivity index (χ2v) is 4.26. The normalized spacial score (nSPS) is 10.2. The molecule has 2 rings (SSSR count). The Hall–Kier alpha value is -1.67. The lowest BCUT2D eigenvalue weighted by Gasteiger charge is -2.11. The Kier molecular flexibility index (Phi) is 3.55. The van der Waals surface area contributed by atoms with Crippen molar-refractivity contribution in [2.24, 2.45) is 0 Å². The number of anilines is 1. The zero-order valence-corrected chi connectivity index (χ0v) is 10.4. The van der Waals surface area contributed by atoms with E-state index in [0.29, 0.717) is 11.6 Å². The maximum Gasteiger partial charge on any atom is 0.124 e. The third kappa shape index (κ3) is 2.71. The summed E-state index contributed by atoms with van der Waals surface area (Å²) < 4.78 is 5.72. The van der Waals surface area contributed by atoms with Crippen molar-refractivity contribution in [3.05, 3.63) is 58.6 Å². The van der Waals surface area contributed by atoms with Crippen LogP contribution in [0.15, 0.2) is 42.5 Å². The van der Waals surface area contributed by atoms with Crippen molar-refractivity contribution in [2.75, 3.05) is 5.73 Å². The van der Waals surface area contributed by atoms with Gasteiger partial charge in [-0.3, -0.25) is 0 Å². The average molecular weight is 248 g/mol. The van der Waals surface area contributed by atoms with Gasteiger partial charge in [0, 0.05) is 21.8 Å². The largest absolute Gasteiger partial charge is 0.489 e. The molecular weight excluding hydrogens is 234 g/mol. The van der Waals surface area contributed by atoms with Gasteiger partial charge >= 0.3 is 0 Å². The van der Waals surface area contributed by atoms with Crippen LogP contribution in [-0.2, 0) is 6.61 Å². The number of rotatable bonds is 3. The summed E-state index contributed by atoms with van der Waals surface area (Å²) in [7, 11) is 0. The molecule has 0 unspecified atom stereocenters. The van der Waals surface area contributed by atoms with Crippen LogP contribution in [0.1, 0.15) is 11.1 Å². The number of benzene rings is 2. The van der Waals surface area contributed by atoms with Gasteiger partial charge in [0.1, 0.15) is 12.4 Å². The van der Waals surface area contributed by atoms with Gasteiger partial charge in [-0.2, -0.15) is 0 Å². The quantitative estimate of drug-likeness (QED) is 0.837. The molecule has 0 bridgehead atoms. The van der Waals surface area contributed by atoms with E-state index in [4.69, 9.17) is 22.1 Å². The fourth-order valence-electron chi connectivity index (χ4n) is 1.56. The highest BCUT2D eigenvalue weighted by atomic mass is 35.5. The SMILES string of the molecule is Cc1c(N)cccc1OCc1ccccc1Cl. The molecule has 0 heterocycles. The molecule has 0 saturated heterocycles. The molecule has 2 nitrogen and oxygen atoms in total. The highest BCUT2D eigenvalue weighted by molar-refractivity contribution is 6.31. The topological polar surface area (TPSA) is 35.2 Å². The summed E-state index contributed by atoms with van der Waals surface area (Å²) in [5.74, 6) is 0.796. The van der Waals surface area contributed by atoms with E-state index in [9.17, 15) is 0 Å². The first-order valence-electron chi connectivity index (χ1n) is 5.40. The smallest absolute Gasteiger partial charge is 0.124 e. The van der Waals surface area contributed by atoms with Gasteiger partial charge in [0.05, 0.1) is 0 Å². The summed E-state index contributed by atoms with van der Waals surface area (Å²) in [6, 6.07) is 13.3. The Labute approximate surface area is 106 Å². The minimum Gasteiger partial charge on any atom is -0.489 e. The first kappa shape index (κ1) is 11.8. The molecular formula is C14H14ClNO. The number of ether oxygens (including phenoxy) is 1. The fraction of sp³-hybridized carbons (Fsp3) is 0.143. The minimum absolute atomic E-state index is 0.448. The second kappa shape index (κ2) is 5.11. The van der Waals surface area contributed by atoms with Crippen LogP contribution in [0, 0.1) is 6.92 Å². The van der Waals surface area contributed by atoms with Crippen LogP contribution in [0.25, 0.3) is 0 Å². The van der Waals surface area contributed by atoms with Crippen LogP contribution in [0.2, 0.25) is 5.02 Å². The molecule has 0 aliphatic carbocycles. The Morgan fingerprint density at radius 3 is 2.65 bits per heavy atom. The van der Waals surface area contributed by atoms with Crippen LogP contribution in [0.5, 0.6) is 5.75 Å². The Morgan fingerprint density at radius 2 is 1.88 bits per heavy atom. The molecule has 3 heteroatoms. The standard InChI is InChI=1S/C14H14ClNO/c1-10-13(16)7-4-8-14(10)17-9-11-5-2-3-6-12(11)15/h2-8H,9,16H2,1H3. The minimum atomic E-state index is 0.448. The summed E-state index contributed by atoms with van der Waals surface area (Å²) in [6.07, 6.45) is 0. The summed E-state index contributed by atoms with van der Waals surface area (Å²) >= 11 is 6.06. The molecule has 0 aliphatic heterocycles. The molecule has 88 valence electrons. The highest BCUT2D eigenvalue weighted by Crippen LogP contribution is 2.25. The van der Waals surface area contributed by atoms with Gasteiger partial charge in [-0.25, -0.2) is 0 Å². The van der Waals surface area contributed by atoms with E-state index < -0.39 is 0 Å². The molecule has 0 amide bonds. The van der Waals surface area contributed by atoms with E-state index >= 15 is 0 Å². The lowest BCUT2D eigenvalue weighted by molar-refractivity contribution is 0.304. The molecule has 0 aromatic heterocycles. The van der Waals surface area contributed by atoms with Crippen LogP contribution in [0.4, 0.5) is 5.69 Å². The number of halogens is 1.